The van der Waals surface area contributed by atoms with E-state index < -0.39 is 12.1 Å². The molecule has 2 unspecified atom stereocenters. The Hall–Kier alpha value is -1.59. The number of ether oxygens (including phenoxy) is 1. The van der Waals surface area contributed by atoms with E-state index in [1.165, 1.54) is 0 Å². The number of aliphatic carboxylic acids is 1. The number of methoxy groups -OCH3 is 1. The molecule has 0 bridgehead atoms. The summed E-state index contributed by atoms with van der Waals surface area (Å²) in [7, 11) is 1.61. The van der Waals surface area contributed by atoms with Crippen molar-refractivity contribution in [2.75, 3.05) is 13.7 Å². The monoisotopic (exact) mass is 295 g/mol. The first-order valence-corrected chi connectivity index (χ1v) is 7.19. The fourth-order valence-corrected chi connectivity index (χ4v) is 2.63. The summed E-state index contributed by atoms with van der Waals surface area (Å²) in [5.74, 6) is -0.0974. The molecule has 5 heteroatoms. The smallest absolute Gasteiger partial charge is 0.303 e. The van der Waals surface area contributed by atoms with Crippen LogP contribution in [0.25, 0.3) is 0 Å². The predicted molar refractivity (Wildman–Crippen MR) is 81.8 cm³/mol. The number of carbonyl (C=O) groups is 1. The lowest BCUT2D eigenvalue weighted by Crippen LogP contribution is -2.36. The van der Waals surface area contributed by atoms with Crippen LogP contribution in [0.3, 0.4) is 0 Å². The first-order chi connectivity index (χ1) is 9.90. The molecular weight excluding hydrogens is 270 g/mol. The summed E-state index contributed by atoms with van der Waals surface area (Å²) in [5.41, 5.74) is 2.72. The number of nitrogens with one attached hydrogen (secondary N) is 1. The van der Waals surface area contributed by atoms with Gasteiger partial charge in [0.15, 0.2) is 0 Å². The minimum absolute atomic E-state index is 0.0307. The van der Waals surface area contributed by atoms with E-state index in [1.807, 2.05) is 32.9 Å². The molecule has 21 heavy (non-hydrogen) atoms. The van der Waals surface area contributed by atoms with E-state index in [1.54, 1.807) is 7.11 Å². The Bertz CT molecular complexity index is 464. The van der Waals surface area contributed by atoms with Crippen LogP contribution in [0.4, 0.5) is 0 Å². The summed E-state index contributed by atoms with van der Waals surface area (Å²) in [6.45, 7) is 6.46. The number of rotatable bonds is 8. The zero-order valence-electron chi connectivity index (χ0n) is 13.1. The van der Waals surface area contributed by atoms with Crippen molar-refractivity contribution >= 4 is 5.97 Å². The van der Waals surface area contributed by atoms with Crippen LogP contribution in [-0.4, -0.2) is 35.9 Å². The van der Waals surface area contributed by atoms with Crippen LogP contribution in [-0.2, 0) is 4.79 Å². The number of benzene rings is 1. The molecule has 118 valence electrons. The van der Waals surface area contributed by atoms with Crippen LogP contribution in [0, 0.1) is 13.8 Å². The zero-order valence-corrected chi connectivity index (χ0v) is 13.1. The summed E-state index contributed by atoms with van der Waals surface area (Å²) < 4.78 is 5.22. The fourth-order valence-electron chi connectivity index (χ4n) is 2.63. The SMILES string of the molecule is CCNC(CCC(=O)O)C(O)c1c(C)cc(OC)cc1C. The average Bonchev–Trinajstić information content (AvgIpc) is 2.42. The van der Waals surface area contributed by atoms with E-state index in [2.05, 4.69) is 5.32 Å². The molecule has 0 amide bonds. The molecule has 0 spiro atoms. The molecule has 5 nitrogen and oxygen atoms in total. The van der Waals surface area contributed by atoms with E-state index in [-0.39, 0.29) is 12.5 Å². The van der Waals surface area contributed by atoms with Gasteiger partial charge in [-0.05, 0) is 55.6 Å². The number of likely N-dealkylation sites (N-methyl/N-ethyl adjacent to an activating group) is 1. The maximum absolute atomic E-state index is 10.8. The van der Waals surface area contributed by atoms with Gasteiger partial charge in [0.2, 0.25) is 0 Å². The quantitative estimate of drug-likeness (QED) is 0.685. The number of hydrogen-bond donors (Lipinski definition) is 3. The lowest BCUT2D eigenvalue weighted by Gasteiger charge is -2.26. The Labute approximate surface area is 125 Å². The minimum atomic E-state index is -0.853. The second-order valence-electron chi connectivity index (χ2n) is 5.22. The lowest BCUT2D eigenvalue weighted by molar-refractivity contribution is -0.137. The summed E-state index contributed by atoms with van der Waals surface area (Å²) in [4.78, 5) is 10.8. The molecule has 1 aromatic carbocycles. The van der Waals surface area contributed by atoms with E-state index in [0.717, 1.165) is 22.4 Å². The maximum Gasteiger partial charge on any atom is 0.303 e. The van der Waals surface area contributed by atoms with E-state index in [0.29, 0.717) is 13.0 Å². The molecule has 0 aliphatic rings. The van der Waals surface area contributed by atoms with Gasteiger partial charge in [0.05, 0.1) is 13.2 Å². The zero-order chi connectivity index (χ0) is 16.0. The van der Waals surface area contributed by atoms with Crippen molar-refractivity contribution < 1.29 is 19.7 Å². The van der Waals surface area contributed by atoms with Crippen molar-refractivity contribution in [3.05, 3.63) is 28.8 Å². The first-order valence-electron chi connectivity index (χ1n) is 7.19. The highest BCUT2D eigenvalue weighted by Gasteiger charge is 2.24. The van der Waals surface area contributed by atoms with Crippen molar-refractivity contribution in [1.82, 2.24) is 5.32 Å². The second kappa shape index (κ2) is 8.00. The normalized spacial score (nSPS) is 13.8. The molecule has 0 aliphatic heterocycles. The lowest BCUT2D eigenvalue weighted by atomic mass is 9.91. The van der Waals surface area contributed by atoms with Crippen LogP contribution >= 0.6 is 0 Å². The molecule has 0 heterocycles. The van der Waals surface area contributed by atoms with E-state index in [9.17, 15) is 9.90 Å². The Kier molecular flexibility index (Phi) is 6.65. The number of aryl methyl sites for hydroxylation is 2. The van der Waals surface area contributed by atoms with Crippen molar-refractivity contribution in [1.29, 1.82) is 0 Å². The molecule has 3 N–H and O–H groups in total. The first kappa shape index (κ1) is 17.5. The summed E-state index contributed by atoms with van der Waals surface area (Å²) >= 11 is 0. The Morgan fingerprint density at radius 2 is 1.90 bits per heavy atom. The van der Waals surface area contributed by atoms with Gasteiger partial charge in [-0.2, -0.15) is 0 Å². The molecule has 0 radical (unpaired) electrons. The predicted octanol–water partition coefficient (Wildman–Crippen LogP) is 2.19. The van der Waals surface area contributed by atoms with Gasteiger partial charge in [0, 0.05) is 12.5 Å². The third-order valence-electron chi connectivity index (χ3n) is 3.62. The number of carboxylic acids is 1. The Balaban J connectivity index is 3.02. The van der Waals surface area contributed by atoms with Crippen LogP contribution in [0.2, 0.25) is 0 Å². The van der Waals surface area contributed by atoms with Crippen molar-refractivity contribution in [2.45, 2.75) is 45.8 Å². The molecule has 0 aromatic heterocycles. The topological polar surface area (TPSA) is 78.8 Å². The molecule has 0 aliphatic carbocycles. The largest absolute Gasteiger partial charge is 0.497 e. The minimum Gasteiger partial charge on any atom is -0.497 e. The highest BCUT2D eigenvalue weighted by molar-refractivity contribution is 5.66. The number of aliphatic hydroxyl groups excluding tert-OH is 1. The molecule has 1 rings (SSSR count). The molecular formula is C16H25NO4. The molecule has 2 atom stereocenters. The van der Waals surface area contributed by atoms with Crippen LogP contribution < -0.4 is 10.1 Å². The van der Waals surface area contributed by atoms with Gasteiger partial charge in [0.25, 0.3) is 0 Å². The van der Waals surface area contributed by atoms with Crippen LogP contribution in [0.1, 0.15) is 42.6 Å². The third kappa shape index (κ3) is 4.72. The Morgan fingerprint density at radius 1 is 1.33 bits per heavy atom. The average molecular weight is 295 g/mol. The van der Waals surface area contributed by atoms with Crippen molar-refractivity contribution in [3.8, 4) is 5.75 Å². The van der Waals surface area contributed by atoms with Gasteiger partial charge in [-0.3, -0.25) is 4.79 Å². The van der Waals surface area contributed by atoms with Gasteiger partial charge in [-0.15, -0.1) is 0 Å². The number of hydrogen-bond acceptors (Lipinski definition) is 4. The summed E-state index contributed by atoms with van der Waals surface area (Å²) in [6.07, 6.45) is -0.326. The molecule has 0 fully saturated rings. The van der Waals surface area contributed by atoms with Gasteiger partial charge in [-0.25, -0.2) is 0 Å². The second-order valence-corrected chi connectivity index (χ2v) is 5.22. The highest BCUT2D eigenvalue weighted by atomic mass is 16.5. The van der Waals surface area contributed by atoms with Gasteiger partial charge >= 0.3 is 5.97 Å². The van der Waals surface area contributed by atoms with Gasteiger partial charge < -0.3 is 20.3 Å². The third-order valence-corrected chi connectivity index (χ3v) is 3.62. The molecule has 1 aromatic rings. The van der Waals surface area contributed by atoms with E-state index >= 15 is 0 Å². The Morgan fingerprint density at radius 3 is 2.33 bits per heavy atom. The van der Waals surface area contributed by atoms with E-state index in [4.69, 9.17) is 9.84 Å². The van der Waals surface area contributed by atoms with Gasteiger partial charge in [-0.1, -0.05) is 6.92 Å². The standard InChI is InChI=1S/C16H25NO4/c1-5-17-13(6-7-14(18)19)16(20)15-10(2)8-12(21-4)9-11(15)3/h8-9,13,16-17,20H,5-7H2,1-4H3,(H,18,19). The van der Waals surface area contributed by atoms with Crippen molar-refractivity contribution in [2.24, 2.45) is 0 Å². The molecule has 0 saturated heterocycles. The number of carboxylic acid groups (broad SMARTS) is 1. The fraction of sp³-hybridized carbons (Fsp3) is 0.562. The summed E-state index contributed by atoms with van der Waals surface area (Å²) in [6, 6.07) is 3.48. The number of aliphatic hydroxyl groups is 1. The maximum atomic E-state index is 10.8. The van der Waals surface area contributed by atoms with Crippen molar-refractivity contribution in [3.63, 3.8) is 0 Å². The summed E-state index contributed by atoms with van der Waals surface area (Å²) in [5, 5.41) is 22.7. The van der Waals surface area contributed by atoms with Gasteiger partial charge in [0.1, 0.15) is 5.75 Å². The highest BCUT2D eigenvalue weighted by Crippen LogP contribution is 2.30. The molecule has 0 saturated carbocycles. The van der Waals surface area contributed by atoms with Crippen LogP contribution in [0.5, 0.6) is 5.75 Å². The van der Waals surface area contributed by atoms with Crippen LogP contribution in [0.15, 0.2) is 12.1 Å².